The minimum atomic E-state index is -0.936. The summed E-state index contributed by atoms with van der Waals surface area (Å²) in [6.45, 7) is 0. The predicted molar refractivity (Wildman–Crippen MR) is 72.9 cm³/mol. The standard InChI is InChI=1S/C15H13FN2O3/c1-21-15(20)13(10-5-3-2-4-6-10)18-14(19)11-7-8-12(16)17-9-11/h2-9,13H,1H3,(H,18,19). The van der Waals surface area contributed by atoms with Crippen LogP contribution in [-0.4, -0.2) is 24.0 Å². The number of amides is 1. The van der Waals surface area contributed by atoms with Crippen molar-refractivity contribution in [2.45, 2.75) is 6.04 Å². The minimum Gasteiger partial charge on any atom is -0.467 e. The van der Waals surface area contributed by atoms with Crippen LogP contribution in [0.2, 0.25) is 0 Å². The molecule has 6 heteroatoms. The van der Waals surface area contributed by atoms with Crippen LogP contribution < -0.4 is 5.32 Å². The van der Waals surface area contributed by atoms with Gasteiger partial charge in [-0.05, 0) is 17.7 Å². The smallest absolute Gasteiger partial charge is 0.333 e. The summed E-state index contributed by atoms with van der Waals surface area (Å²) in [4.78, 5) is 27.3. The average molecular weight is 288 g/mol. The molecule has 0 bridgehead atoms. The fourth-order valence-corrected chi connectivity index (χ4v) is 1.77. The summed E-state index contributed by atoms with van der Waals surface area (Å²) in [6, 6.07) is 10.1. The van der Waals surface area contributed by atoms with Gasteiger partial charge < -0.3 is 10.1 Å². The van der Waals surface area contributed by atoms with Gasteiger partial charge in [0, 0.05) is 6.20 Å². The second kappa shape index (κ2) is 6.60. The van der Waals surface area contributed by atoms with Gasteiger partial charge in [0.2, 0.25) is 5.95 Å². The quantitative estimate of drug-likeness (QED) is 0.689. The number of aromatic nitrogens is 1. The molecule has 0 spiro atoms. The molecule has 1 unspecified atom stereocenters. The van der Waals surface area contributed by atoms with Gasteiger partial charge in [0.1, 0.15) is 0 Å². The molecule has 1 atom stereocenters. The van der Waals surface area contributed by atoms with Gasteiger partial charge in [-0.25, -0.2) is 9.78 Å². The van der Waals surface area contributed by atoms with Crippen LogP contribution in [-0.2, 0) is 9.53 Å². The molecule has 2 aromatic rings. The van der Waals surface area contributed by atoms with Crippen molar-refractivity contribution in [1.29, 1.82) is 0 Å². The summed E-state index contributed by atoms with van der Waals surface area (Å²) in [5.74, 6) is -1.81. The molecule has 0 aliphatic carbocycles. The van der Waals surface area contributed by atoms with Gasteiger partial charge >= 0.3 is 5.97 Å². The van der Waals surface area contributed by atoms with Crippen molar-refractivity contribution >= 4 is 11.9 Å². The number of methoxy groups -OCH3 is 1. The van der Waals surface area contributed by atoms with Crippen molar-refractivity contribution in [3.8, 4) is 0 Å². The maximum atomic E-state index is 12.7. The summed E-state index contributed by atoms with van der Waals surface area (Å²) >= 11 is 0. The summed E-state index contributed by atoms with van der Waals surface area (Å²) < 4.78 is 17.4. The lowest BCUT2D eigenvalue weighted by Crippen LogP contribution is -2.34. The Hall–Kier alpha value is -2.76. The second-order valence-electron chi connectivity index (χ2n) is 4.21. The number of carbonyl (C=O) groups excluding carboxylic acids is 2. The molecule has 0 aliphatic heterocycles. The van der Waals surface area contributed by atoms with Crippen LogP contribution in [0.5, 0.6) is 0 Å². The van der Waals surface area contributed by atoms with Gasteiger partial charge in [-0.3, -0.25) is 4.79 Å². The van der Waals surface area contributed by atoms with Gasteiger partial charge in [0.15, 0.2) is 6.04 Å². The van der Waals surface area contributed by atoms with Crippen LogP contribution in [0.25, 0.3) is 0 Å². The SMILES string of the molecule is COC(=O)C(NC(=O)c1ccc(F)nc1)c1ccccc1. The average Bonchev–Trinajstić information content (AvgIpc) is 2.53. The van der Waals surface area contributed by atoms with Crippen molar-refractivity contribution in [1.82, 2.24) is 10.3 Å². The summed E-state index contributed by atoms with van der Waals surface area (Å²) in [5, 5.41) is 2.54. The van der Waals surface area contributed by atoms with Gasteiger partial charge in [-0.15, -0.1) is 0 Å². The van der Waals surface area contributed by atoms with Crippen molar-refractivity contribution in [2.24, 2.45) is 0 Å². The Kier molecular flexibility index (Phi) is 4.61. The molecule has 0 saturated carbocycles. The van der Waals surface area contributed by atoms with Crippen molar-refractivity contribution in [2.75, 3.05) is 7.11 Å². The Morgan fingerprint density at radius 3 is 2.48 bits per heavy atom. The highest BCUT2D eigenvalue weighted by Crippen LogP contribution is 2.15. The first-order valence-electron chi connectivity index (χ1n) is 6.17. The van der Waals surface area contributed by atoms with Gasteiger partial charge in [-0.2, -0.15) is 4.39 Å². The fraction of sp³-hybridized carbons (Fsp3) is 0.133. The van der Waals surface area contributed by atoms with Crippen LogP contribution in [0.3, 0.4) is 0 Å². The Morgan fingerprint density at radius 2 is 1.90 bits per heavy atom. The first kappa shape index (κ1) is 14.6. The third-order valence-corrected chi connectivity index (χ3v) is 2.83. The highest BCUT2D eigenvalue weighted by Gasteiger charge is 2.23. The Labute approximate surface area is 120 Å². The van der Waals surface area contributed by atoms with E-state index in [1.54, 1.807) is 30.3 Å². The minimum absolute atomic E-state index is 0.154. The van der Waals surface area contributed by atoms with E-state index in [4.69, 9.17) is 4.74 Å². The van der Waals surface area contributed by atoms with Crippen LogP contribution in [0, 0.1) is 5.95 Å². The molecule has 1 aromatic heterocycles. The number of rotatable bonds is 4. The van der Waals surface area contributed by atoms with E-state index in [2.05, 4.69) is 10.3 Å². The summed E-state index contributed by atoms with van der Waals surface area (Å²) in [7, 11) is 1.24. The third kappa shape index (κ3) is 3.62. The van der Waals surface area contributed by atoms with E-state index in [-0.39, 0.29) is 5.56 Å². The molecule has 1 aromatic carbocycles. The number of pyridine rings is 1. The van der Waals surface area contributed by atoms with Crippen LogP contribution in [0.1, 0.15) is 22.0 Å². The monoisotopic (exact) mass is 288 g/mol. The number of nitrogens with one attached hydrogen (secondary N) is 1. The van der Waals surface area contributed by atoms with Gasteiger partial charge in [-0.1, -0.05) is 30.3 Å². The molecule has 5 nitrogen and oxygen atoms in total. The van der Waals surface area contributed by atoms with E-state index in [9.17, 15) is 14.0 Å². The van der Waals surface area contributed by atoms with E-state index >= 15 is 0 Å². The van der Waals surface area contributed by atoms with Gasteiger partial charge in [0.05, 0.1) is 12.7 Å². The van der Waals surface area contributed by atoms with Crippen LogP contribution >= 0.6 is 0 Å². The number of carbonyl (C=O) groups is 2. The summed E-state index contributed by atoms with van der Waals surface area (Å²) in [5.41, 5.74) is 0.744. The molecule has 1 N–H and O–H groups in total. The highest BCUT2D eigenvalue weighted by molar-refractivity contribution is 5.96. The highest BCUT2D eigenvalue weighted by atomic mass is 19.1. The van der Waals surface area contributed by atoms with E-state index in [0.717, 1.165) is 12.3 Å². The molecule has 108 valence electrons. The van der Waals surface area contributed by atoms with E-state index in [0.29, 0.717) is 5.56 Å². The molecule has 1 amide bonds. The van der Waals surface area contributed by atoms with Crippen molar-refractivity contribution in [3.05, 3.63) is 65.7 Å². The van der Waals surface area contributed by atoms with Crippen molar-refractivity contribution in [3.63, 3.8) is 0 Å². The molecule has 0 saturated heterocycles. The fourth-order valence-electron chi connectivity index (χ4n) is 1.77. The van der Waals surface area contributed by atoms with Crippen molar-refractivity contribution < 1.29 is 18.7 Å². The number of nitrogens with zero attached hydrogens (tertiary/aromatic N) is 1. The molecule has 2 rings (SSSR count). The largest absolute Gasteiger partial charge is 0.467 e. The number of esters is 1. The molecule has 0 radical (unpaired) electrons. The van der Waals surface area contributed by atoms with E-state index in [1.807, 2.05) is 0 Å². The maximum Gasteiger partial charge on any atom is 0.333 e. The number of hydrogen-bond acceptors (Lipinski definition) is 4. The van der Waals surface area contributed by atoms with Gasteiger partial charge in [0.25, 0.3) is 5.91 Å². The summed E-state index contributed by atoms with van der Waals surface area (Å²) in [6.07, 6.45) is 1.10. The molecular weight excluding hydrogens is 275 g/mol. The molecule has 0 fully saturated rings. The lowest BCUT2D eigenvalue weighted by Gasteiger charge is -2.16. The number of hydrogen-bond donors (Lipinski definition) is 1. The lowest BCUT2D eigenvalue weighted by atomic mass is 10.1. The first-order chi connectivity index (χ1) is 10.1. The Morgan fingerprint density at radius 1 is 1.19 bits per heavy atom. The zero-order valence-corrected chi connectivity index (χ0v) is 11.2. The van der Waals surface area contributed by atoms with E-state index < -0.39 is 23.9 Å². The molecular formula is C15H13FN2O3. The molecule has 21 heavy (non-hydrogen) atoms. The lowest BCUT2D eigenvalue weighted by molar-refractivity contribution is -0.143. The number of ether oxygens (including phenoxy) is 1. The van der Waals surface area contributed by atoms with Crippen LogP contribution in [0.4, 0.5) is 4.39 Å². The number of halogens is 1. The second-order valence-corrected chi connectivity index (χ2v) is 4.21. The Balaban J connectivity index is 2.21. The van der Waals surface area contributed by atoms with E-state index in [1.165, 1.54) is 13.2 Å². The normalized spacial score (nSPS) is 11.5. The third-order valence-electron chi connectivity index (χ3n) is 2.83. The molecule has 1 heterocycles. The topological polar surface area (TPSA) is 68.3 Å². The maximum absolute atomic E-state index is 12.7. The zero-order valence-electron chi connectivity index (χ0n) is 11.2. The predicted octanol–water partition coefficient (Wildman–Crippen LogP) is 1.86. The number of benzene rings is 1. The molecule has 0 aliphatic rings. The zero-order chi connectivity index (χ0) is 15.2. The van der Waals surface area contributed by atoms with Crippen LogP contribution in [0.15, 0.2) is 48.7 Å². The Bertz CT molecular complexity index is 629. The first-order valence-corrected chi connectivity index (χ1v) is 6.17.